The zero-order chi connectivity index (χ0) is 15.6. The molecule has 0 bridgehead atoms. The number of hydrogen-bond acceptors (Lipinski definition) is 7. The number of piperidine rings is 1. The molecule has 21 heavy (non-hydrogen) atoms. The summed E-state index contributed by atoms with van der Waals surface area (Å²) >= 11 is 1.11. The van der Waals surface area contributed by atoms with E-state index in [1.165, 1.54) is 0 Å². The van der Waals surface area contributed by atoms with Gasteiger partial charge in [-0.15, -0.1) is 0 Å². The van der Waals surface area contributed by atoms with Gasteiger partial charge in [0.05, 0.1) is 5.75 Å². The van der Waals surface area contributed by atoms with Crippen LogP contribution in [0.4, 0.5) is 10.8 Å². The van der Waals surface area contributed by atoms with E-state index in [1.807, 2.05) is 4.90 Å². The molecule has 1 saturated heterocycles. The Hall–Kier alpha value is -1.35. The monoisotopic (exact) mass is 332 g/mol. The van der Waals surface area contributed by atoms with Crippen molar-refractivity contribution < 1.29 is 13.2 Å². The van der Waals surface area contributed by atoms with E-state index < -0.39 is 9.84 Å². The Morgan fingerprint density at radius 2 is 2.10 bits per heavy atom. The molecule has 1 aromatic heterocycles. The Morgan fingerprint density at radius 1 is 1.48 bits per heavy atom. The van der Waals surface area contributed by atoms with E-state index in [0.717, 1.165) is 11.5 Å². The molecule has 1 aliphatic heterocycles. The summed E-state index contributed by atoms with van der Waals surface area (Å²) in [7, 11) is -1.77. The topological polar surface area (TPSA) is 105 Å². The minimum atomic E-state index is -3.40. The highest BCUT2D eigenvalue weighted by atomic mass is 32.2. The standard InChI is InChI=1S/C12H20N4O3S2/c1-3-21(18,19)9-10(13)15-20-12(9)16-6-4-8(5-7-16)11(17)14-2/h8H,3-7H2,1-2H3,(H2,13,15)(H,14,17). The highest BCUT2D eigenvalue weighted by Crippen LogP contribution is 2.37. The van der Waals surface area contributed by atoms with Crippen LogP contribution in [0.15, 0.2) is 4.90 Å². The van der Waals surface area contributed by atoms with Crippen molar-refractivity contribution in [3.05, 3.63) is 0 Å². The molecule has 3 N–H and O–H groups in total. The van der Waals surface area contributed by atoms with E-state index in [9.17, 15) is 13.2 Å². The lowest BCUT2D eigenvalue weighted by Crippen LogP contribution is -2.39. The number of nitrogens with zero attached hydrogens (tertiary/aromatic N) is 2. The lowest BCUT2D eigenvalue weighted by Gasteiger charge is -2.32. The fourth-order valence-electron chi connectivity index (χ4n) is 2.47. The number of anilines is 2. The van der Waals surface area contributed by atoms with Gasteiger partial charge in [-0.25, -0.2) is 8.42 Å². The molecule has 0 atom stereocenters. The second-order valence-corrected chi connectivity index (χ2v) is 7.95. The van der Waals surface area contributed by atoms with Crippen molar-refractivity contribution >= 4 is 38.1 Å². The molecule has 0 aliphatic carbocycles. The van der Waals surface area contributed by atoms with Crippen molar-refractivity contribution in [1.29, 1.82) is 0 Å². The summed E-state index contributed by atoms with van der Waals surface area (Å²) in [6.07, 6.45) is 1.40. The number of hydrogen-bond donors (Lipinski definition) is 2. The third-order valence-corrected chi connectivity index (χ3v) is 6.58. The Kier molecular flexibility index (Phi) is 4.72. The van der Waals surface area contributed by atoms with Gasteiger partial charge in [0.25, 0.3) is 0 Å². The molecule has 0 radical (unpaired) electrons. The van der Waals surface area contributed by atoms with Gasteiger partial charge < -0.3 is 16.0 Å². The second kappa shape index (κ2) is 6.18. The number of rotatable bonds is 4. The highest BCUT2D eigenvalue weighted by molar-refractivity contribution is 7.91. The van der Waals surface area contributed by atoms with E-state index >= 15 is 0 Å². The van der Waals surface area contributed by atoms with E-state index in [-0.39, 0.29) is 28.3 Å². The van der Waals surface area contributed by atoms with Crippen molar-refractivity contribution in [3.8, 4) is 0 Å². The minimum Gasteiger partial charge on any atom is -0.382 e. The summed E-state index contributed by atoms with van der Waals surface area (Å²) in [5.74, 6) is 0.102. The number of nitrogens with one attached hydrogen (secondary N) is 1. The maximum absolute atomic E-state index is 12.2. The Labute approximate surface area is 128 Å². The molecule has 0 aromatic carbocycles. The van der Waals surface area contributed by atoms with E-state index in [4.69, 9.17) is 5.73 Å². The predicted octanol–water partition coefficient (Wildman–Crippen LogP) is 0.481. The van der Waals surface area contributed by atoms with Gasteiger partial charge in [-0.1, -0.05) is 6.92 Å². The average Bonchev–Trinajstić information content (AvgIpc) is 2.89. The first-order chi connectivity index (χ1) is 9.90. The third-order valence-electron chi connectivity index (χ3n) is 3.75. The molecule has 0 unspecified atom stereocenters. The zero-order valence-corrected chi connectivity index (χ0v) is 13.8. The molecular weight excluding hydrogens is 312 g/mol. The van der Waals surface area contributed by atoms with Gasteiger partial charge in [-0.05, 0) is 24.4 Å². The van der Waals surface area contributed by atoms with Gasteiger partial charge in [0.15, 0.2) is 15.7 Å². The van der Waals surface area contributed by atoms with Crippen molar-refractivity contribution in [2.75, 3.05) is 36.5 Å². The molecule has 0 saturated carbocycles. The molecule has 0 spiro atoms. The van der Waals surface area contributed by atoms with Gasteiger partial charge in [0.1, 0.15) is 9.90 Å². The maximum Gasteiger partial charge on any atom is 0.222 e. The fourth-order valence-corrected chi connectivity index (χ4v) is 4.83. The van der Waals surface area contributed by atoms with Crippen LogP contribution < -0.4 is 16.0 Å². The summed E-state index contributed by atoms with van der Waals surface area (Å²) in [6.45, 7) is 2.85. The predicted molar refractivity (Wildman–Crippen MR) is 83.3 cm³/mol. The van der Waals surface area contributed by atoms with Crippen LogP contribution in [-0.4, -0.2) is 44.6 Å². The summed E-state index contributed by atoms with van der Waals surface area (Å²) < 4.78 is 28.3. The number of nitrogens with two attached hydrogens (primary N) is 1. The molecule has 1 amide bonds. The molecule has 7 nitrogen and oxygen atoms in total. The van der Waals surface area contributed by atoms with E-state index in [1.54, 1.807) is 14.0 Å². The number of aromatic nitrogens is 1. The average molecular weight is 332 g/mol. The van der Waals surface area contributed by atoms with Crippen molar-refractivity contribution in [3.63, 3.8) is 0 Å². The Balaban J connectivity index is 2.21. The van der Waals surface area contributed by atoms with Gasteiger partial charge in [-0.3, -0.25) is 4.79 Å². The molecule has 2 rings (SSSR count). The minimum absolute atomic E-state index is 0.00266. The van der Waals surface area contributed by atoms with Crippen LogP contribution in [0.2, 0.25) is 0 Å². The summed E-state index contributed by atoms with van der Waals surface area (Å²) in [4.78, 5) is 13.7. The first-order valence-corrected chi connectivity index (χ1v) is 9.27. The second-order valence-electron chi connectivity index (χ2n) is 4.98. The van der Waals surface area contributed by atoms with Gasteiger partial charge in [-0.2, -0.15) is 4.37 Å². The third kappa shape index (κ3) is 3.13. The molecule has 1 aliphatic rings. The van der Waals surface area contributed by atoms with Crippen LogP contribution >= 0.6 is 11.5 Å². The molecule has 118 valence electrons. The quantitative estimate of drug-likeness (QED) is 0.831. The Bertz CT molecular complexity index is 618. The largest absolute Gasteiger partial charge is 0.382 e. The van der Waals surface area contributed by atoms with Gasteiger partial charge >= 0.3 is 0 Å². The SMILES string of the molecule is CCS(=O)(=O)c1c(N)nsc1N1CCC(C(=O)NC)CC1. The number of carbonyl (C=O) groups is 1. The van der Waals surface area contributed by atoms with Crippen LogP contribution in [0.5, 0.6) is 0 Å². The normalized spacial score (nSPS) is 17.0. The fraction of sp³-hybridized carbons (Fsp3) is 0.667. The smallest absolute Gasteiger partial charge is 0.222 e. The molecule has 9 heteroatoms. The van der Waals surface area contributed by atoms with Gasteiger partial charge in [0.2, 0.25) is 5.91 Å². The number of carbonyl (C=O) groups excluding carboxylic acids is 1. The lowest BCUT2D eigenvalue weighted by molar-refractivity contribution is -0.125. The Morgan fingerprint density at radius 3 is 2.62 bits per heavy atom. The first kappa shape index (κ1) is 16.0. The van der Waals surface area contributed by atoms with Crippen LogP contribution in [0.3, 0.4) is 0 Å². The number of sulfone groups is 1. The molecule has 1 fully saturated rings. The molecule has 2 heterocycles. The maximum atomic E-state index is 12.2. The van der Waals surface area contributed by atoms with Crippen LogP contribution in [0, 0.1) is 5.92 Å². The molecule has 1 aromatic rings. The van der Waals surface area contributed by atoms with E-state index in [0.29, 0.717) is 30.9 Å². The van der Waals surface area contributed by atoms with Crippen LogP contribution in [-0.2, 0) is 14.6 Å². The summed E-state index contributed by atoms with van der Waals surface area (Å²) in [5, 5.41) is 3.26. The van der Waals surface area contributed by atoms with Gasteiger partial charge in [0, 0.05) is 26.1 Å². The van der Waals surface area contributed by atoms with Crippen molar-refractivity contribution in [1.82, 2.24) is 9.69 Å². The number of amides is 1. The van der Waals surface area contributed by atoms with Crippen molar-refractivity contribution in [2.45, 2.75) is 24.7 Å². The lowest BCUT2D eigenvalue weighted by atomic mass is 9.96. The van der Waals surface area contributed by atoms with Crippen LogP contribution in [0.25, 0.3) is 0 Å². The van der Waals surface area contributed by atoms with Crippen molar-refractivity contribution in [2.24, 2.45) is 5.92 Å². The summed E-state index contributed by atoms with van der Waals surface area (Å²) in [6, 6.07) is 0. The summed E-state index contributed by atoms with van der Waals surface area (Å²) in [5.41, 5.74) is 5.74. The molecular formula is C12H20N4O3S2. The highest BCUT2D eigenvalue weighted by Gasteiger charge is 2.31. The van der Waals surface area contributed by atoms with Crippen LogP contribution in [0.1, 0.15) is 19.8 Å². The first-order valence-electron chi connectivity index (χ1n) is 6.85. The van der Waals surface area contributed by atoms with E-state index in [2.05, 4.69) is 9.69 Å². The zero-order valence-electron chi connectivity index (χ0n) is 12.1. The number of nitrogen functional groups attached to an aromatic ring is 1.